The van der Waals surface area contributed by atoms with Gasteiger partial charge in [-0.1, -0.05) is 77.0 Å². The van der Waals surface area contributed by atoms with Crippen molar-refractivity contribution in [2.24, 2.45) is 0 Å². The van der Waals surface area contributed by atoms with E-state index in [9.17, 15) is 0 Å². The van der Waals surface area contributed by atoms with Crippen molar-refractivity contribution < 1.29 is 4.74 Å². The van der Waals surface area contributed by atoms with Gasteiger partial charge in [-0.3, -0.25) is 0 Å². The first-order valence-electron chi connectivity index (χ1n) is 11.1. The summed E-state index contributed by atoms with van der Waals surface area (Å²) in [7, 11) is 0. The average Bonchev–Trinajstić information content (AvgIpc) is 2.74. The molecular formula is C27H38NO+. The molecule has 0 aliphatic carbocycles. The summed E-state index contributed by atoms with van der Waals surface area (Å²) in [6.07, 6.45) is 27.8. The maximum Gasteiger partial charge on any atom is 0.264 e. The molecule has 0 heterocycles. The van der Waals surface area contributed by atoms with Crippen molar-refractivity contribution in [2.45, 2.75) is 84.0 Å². The van der Waals surface area contributed by atoms with Gasteiger partial charge in [-0.05, 0) is 42.7 Å². The number of benzene rings is 1. The number of terminal acetylenes is 3. The molecule has 2 nitrogen and oxygen atoms in total. The van der Waals surface area contributed by atoms with E-state index in [2.05, 4.69) is 31.6 Å². The molecule has 0 spiro atoms. The third-order valence-electron chi connectivity index (χ3n) is 5.42. The molecule has 0 fully saturated rings. The normalized spacial score (nSPS) is 13.1. The van der Waals surface area contributed by atoms with E-state index >= 15 is 0 Å². The fourth-order valence-corrected chi connectivity index (χ4v) is 3.83. The third-order valence-corrected chi connectivity index (χ3v) is 5.42. The van der Waals surface area contributed by atoms with Gasteiger partial charge in [0.05, 0.1) is 6.10 Å². The number of ether oxygens (including phenoxy) is 1. The molecule has 2 atom stereocenters. The summed E-state index contributed by atoms with van der Waals surface area (Å²) in [5.41, 5.74) is 1.00. The van der Waals surface area contributed by atoms with Crippen LogP contribution in [0.2, 0.25) is 0 Å². The number of unbranched alkanes of at least 4 members (excludes halogenated alkanes) is 5. The first-order valence-corrected chi connectivity index (χ1v) is 11.1. The van der Waals surface area contributed by atoms with Crippen LogP contribution in [0.1, 0.15) is 71.6 Å². The van der Waals surface area contributed by atoms with Gasteiger partial charge >= 0.3 is 0 Å². The lowest BCUT2D eigenvalue weighted by molar-refractivity contribution is -0.0606. The lowest BCUT2D eigenvalue weighted by Gasteiger charge is -2.40. The highest BCUT2D eigenvalue weighted by molar-refractivity contribution is 5.46. The Morgan fingerprint density at radius 1 is 0.828 bits per heavy atom. The Morgan fingerprint density at radius 3 is 2.00 bits per heavy atom. The standard InChI is InChI=1S/C27H38NO/c1-6-11-12-13-14-18-22-26(19-7-2)29-27(10-5)28(23-8-3,24-9-4)25-20-16-15-17-21-25/h3-5,15-17,20-21,26-27H,6-7,11-14,18-19,22-24H2,1-2H3/q+1. The summed E-state index contributed by atoms with van der Waals surface area (Å²) < 4.78 is 6.82. The predicted molar refractivity (Wildman–Crippen MR) is 126 cm³/mol. The smallest absolute Gasteiger partial charge is 0.264 e. The predicted octanol–water partition coefficient (Wildman–Crippen LogP) is 6.16. The summed E-state index contributed by atoms with van der Waals surface area (Å²) in [6.45, 7) is 5.23. The molecule has 1 rings (SSSR count). The molecule has 2 heteroatoms. The van der Waals surface area contributed by atoms with Crippen molar-refractivity contribution >= 4 is 5.69 Å². The maximum atomic E-state index is 6.54. The number of rotatable bonds is 15. The first-order chi connectivity index (χ1) is 14.2. The van der Waals surface area contributed by atoms with Crippen LogP contribution < -0.4 is 4.48 Å². The summed E-state index contributed by atoms with van der Waals surface area (Å²) in [5.74, 6) is 8.45. The molecule has 0 aliphatic rings. The van der Waals surface area contributed by atoms with E-state index in [0.717, 1.165) is 24.9 Å². The molecule has 0 amide bonds. The zero-order valence-corrected chi connectivity index (χ0v) is 18.4. The van der Waals surface area contributed by atoms with Gasteiger partial charge in [-0.15, -0.1) is 19.3 Å². The lowest BCUT2D eigenvalue weighted by atomic mass is 10.0. The largest absolute Gasteiger partial charge is 0.315 e. The second-order valence-corrected chi connectivity index (χ2v) is 7.72. The van der Waals surface area contributed by atoms with Gasteiger partial charge in [0, 0.05) is 0 Å². The van der Waals surface area contributed by atoms with Crippen molar-refractivity contribution in [3.63, 3.8) is 0 Å². The van der Waals surface area contributed by atoms with Crippen LogP contribution in [0.3, 0.4) is 0 Å². The molecule has 1 aromatic carbocycles. The van der Waals surface area contributed by atoms with Crippen LogP contribution in [0, 0.1) is 37.0 Å². The van der Waals surface area contributed by atoms with Crippen LogP contribution >= 0.6 is 0 Å². The van der Waals surface area contributed by atoms with Crippen LogP contribution in [0.5, 0.6) is 0 Å². The SMILES string of the molecule is C#CC[N+](CC#C)(c1ccccc1)C(C#C)OC(CCC)CCCCCCCC. The Labute approximate surface area is 179 Å². The van der Waals surface area contributed by atoms with Crippen LogP contribution in [0.25, 0.3) is 0 Å². The number of quaternary nitrogens is 1. The van der Waals surface area contributed by atoms with Crippen molar-refractivity contribution in [1.29, 1.82) is 0 Å². The topological polar surface area (TPSA) is 9.23 Å². The van der Waals surface area contributed by atoms with Gasteiger partial charge in [0.15, 0.2) is 0 Å². The van der Waals surface area contributed by atoms with Crippen LogP contribution in [0.4, 0.5) is 5.69 Å². The van der Waals surface area contributed by atoms with E-state index in [-0.39, 0.29) is 10.6 Å². The molecular weight excluding hydrogens is 354 g/mol. The fourth-order valence-electron chi connectivity index (χ4n) is 3.83. The van der Waals surface area contributed by atoms with E-state index in [0.29, 0.717) is 13.1 Å². The third kappa shape index (κ3) is 7.99. The first kappa shape index (κ1) is 24.9. The quantitative estimate of drug-likeness (QED) is 0.150. The molecule has 29 heavy (non-hydrogen) atoms. The second-order valence-electron chi connectivity index (χ2n) is 7.72. The molecule has 0 aromatic heterocycles. The van der Waals surface area contributed by atoms with Gasteiger partial charge in [-0.2, -0.15) is 0 Å². The van der Waals surface area contributed by atoms with Crippen molar-refractivity contribution in [3.8, 4) is 37.0 Å². The minimum atomic E-state index is -0.499. The minimum Gasteiger partial charge on any atom is -0.315 e. The summed E-state index contributed by atoms with van der Waals surface area (Å²) in [6, 6.07) is 10.0. The van der Waals surface area contributed by atoms with Crippen LogP contribution in [-0.2, 0) is 4.74 Å². The number of nitrogens with zero attached hydrogens (tertiary/aromatic N) is 1. The average molecular weight is 393 g/mol. The Kier molecular flexibility index (Phi) is 12.7. The molecule has 0 N–H and O–H groups in total. The minimum absolute atomic E-state index is 0.129. The molecule has 1 aromatic rings. The van der Waals surface area contributed by atoms with Gasteiger partial charge in [-0.25, -0.2) is 4.48 Å². The van der Waals surface area contributed by atoms with E-state index in [1.807, 2.05) is 30.3 Å². The van der Waals surface area contributed by atoms with Gasteiger partial charge in [0.2, 0.25) is 0 Å². The van der Waals surface area contributed by atoms with Gasteiger partial charge in [0.25, 0.3) is 6.23 Å². The van der Waals surface area contributed by atoms with Crippen LogP contribution in [-0.4, -0.2) is 25.4 Å². The summed E-state index contributed by atoms with van der Waals surface area (Å²) in [5, 5.41) is 0. The Balaban J connectivity index is 2.96. The monoisotopic (exact) mass is 392 g/mol. The Hall–Kier alpha value is -2.18. The van der Waals surface area contributed by atoms with Crippen molar-refractivity contribution in [1.82, 2.24) is 4.48 Å². The van der Waals surface area contributed by atoms with Crippen LogP contribution in [0.15, 0.2) is 30.3 Å². The van der Waals surface area contributed by atoms with Crippen molar-refractivity contribution in [2.75, 3.05) is 13.1 Å². The van der Waals surface area contributed by atoms with Gasteiger partial charge < -0.3 is 4.74 Å². The highest BCUT2D eigenvalue weighted by Gasteiger charge is 2.39. The second kappa shape index (κ2) is 14.8. The molecule has 0 saturated carbocycles. The molecule has 0 saturated heterocycles. The van der Waals surface area contributed by atoms with E-state index in [4.69, 9.17) is 24.0 Å². The fraction of sp³-hybridized carbons (Fsp3) is 0.556. The lowest BCUT2D eigenvalue weighted by Crippen LogP contribution is -2.59. The number of hydrogen-bond acceptors (Lipinski definition) is 1. The van der Waals surface area contributed by atoms with Crippen molar-refractivity contribution in [3.05, 3.63) is 30.3 Å². The Bertz CT molecular complexity index is 657. The Morgan fingerprint density at radius 2 is 1.45 bits per heavy atom. The maximum absolute atomic E-state index is 6.54. The molecule has 0 bridgehead atoms. The summed E-state index contributed by atoms with van der Waals surface area (Å²) in [4.78, 5) is 0. The van der Waals surface area contributed by atoms with Gasteiger partial charge in [0.1, 0.15) is 18.8 Å². The summed E-state index contributed by atoms with van der Waals surface area (Å²) >= 11 is 0. The highest BCUT2D eigenvalue weighted by atomic mass is 16.5. The molecule has 156 valence electrons. The zero-order chi connectivity index (χ0) is 21.4. The number of para-hydroxylation sites is 1. The van der Waals surface area contributed by atoms with E-state index in [1.165, 1.54) is 38.5 Å². The van der Waals surface area contributed by atoms with E-state index in [1.54, 1.807) is 0 Å². The molecule has 2 unspecified atom stereocenters. The highest BCUT2D eigenvalue weighted by Crippen LogP contribution is 2.29. The molecule has 0 radical (unpaired) electrons. The zero-order valence-electron chi connectivity index (χ0n) is 18.4. The van der Waals surface area contributed by atoms with E-state index < -0.39 is 6.23 Å². The number of hydrogen-bond donors (Lipinski definition) is 0. The molecule has 0 aliphatic heterocycles.